The highest BCUT2D eigenvalue weighted by molar-refractivity contribution is 6.30. The van der Waals surface area contributed by atoms with Crippen molar-refractivity contribution in [1.29, 1.82) is 0 Å². The van der Waals surface area contributed by atoms with Crippen molar-refractivity contribution in [1.82, 2.24) is 14.3 Å². The van der Waals surface area contributed by atoms with Crippen LogP contribution in [-0.2, 0) is 11.3 Å². The van der Waals surface area contributed by atoms with Gasteiger partial charge in [-0.1, -0.05) is 24.4 Å². The first-order valence-corrected chi connectivity index (χ1v) is 9.07. The molecule has 2 aromatic heterocycles. The average Bonchev–Trinajstić information content (AvgIpc) is 2.95. The Kier molecular flexibility index (Phi) is 4.25. The van der Waals surface area contributed by atoms with Crippen molar-refractivity contribution >= 4 is 23.2 Å². The summed E-state index contributed by atoms with van der Waals surface area (Å²) < 4.78 is 1.41. The van der Waals surface area contributed by atoms with Crippen molar-refractivity contribution in [2.75, 3.05) is 0 Å². The van der Waals surface area contributed by atoms with Crippen molar-refractivity contribution < 1.29 is 9.90 Å². The molecule has 0 radical (unpaired) electrons. The summed E-state index contributed by atoms with van der Waals surface area (Å²) in [7, 11) is 0. The summed E-state index contributed by atoms with van der Waals surface area (Å²) >= 11 is 5.94. The van der Waals surface area contributed by atoms with Crippen LogP contribution in [0.5, 0.6) is 0 Å². The van der Waals surface area contributed by atoms with E-state index < -0.39 is 12.0 Å². The average molecular weight is 362 g/mol. The molecular formula is C18H20ClN3O3. The monoisotopic (exact) mass is 361 g/mol. The lowest BCUT2D eigenvalue weighted by molar-refractivity contribution is -0.142. The number of fused-ring (bicyclic) bond motifs is 2. The van der Waals surface area contributed by atoms with Crippen LogP contribution in [-0.4, -0.2) is 37.4 Å². The summed E-state index contributed by atoms with van der Waals surface area (Å²) in [5, 5.41) is 10.1. The topological polar surface area (TPSA) is 74.9 Å². The Hall–Kier alpha value is -1.92. The Morgan fingerprint density at radius 1 is 1.32 bits per heavy atom. The van der Waals surface area contributed by atoms with Crippen LogP contribution in [0.1, 0.15) is 37.8 Å². The third-order valence-corrected chi connectivity index (χ3v) is 5.75. The Morgan fingerprint density at radius 2 is 2.12 bits per heavy atom. The lowest BCUT2D eigenvalue weighted by atomic mass is 9.85. The van der Waals surface area contributed by atoms with Gasteiger partial charge in [-0.05, 0) is 37.3 Å². The molecule has 1 aliphatic carbocycles. The van der Waals surface area contributed by atoms with Gasteiger partial charge in [0.05, 0.1) is 10.7 Å². The largest absolute Gasteiger partial charge is 0.480 e. The molecule has 1 aliphatic heterocycles. The molecule has 4 rings (SSSR count). The van der Waals surface area contributed by atoms with E-state index in [0.717, 1.165) is 19.3 Å². The Bertz CT molecular complexity index is 881. The molecule has 1 saturated heterocycles. The predicted molar refractivity (Wildman–Crippen MR) is 93.8 cm³/mol. The number of aromatic nitrogens is 2. The van der Waals surface area contributed by atoms with Gasteiger partial charge in [0.15, 0.2) is 0 Å². The second kappa shape index (κ2) is 6.42. The van der Waals surface area contributed by atoms with E-state index in [0.29, 0.717) is 35.2 Å². The summed E-state index contributed by atoms with van der Waals surface area (Å²) in [5.74, 6) is -0.339. The quantitative estimate of drug-likeness (QED) is 0.909. The molecule has 2 fully saturated rings. The van der Waals surface area contributed by atoms with E-state index in [-0.39, 0.29) is 11.6 Å². The molecule has 0 bridgehead atoms. The van der Waals surface area contributed by atoms with Gasteiger partial charge in [-0.15, -0.1) is 0 Å². The summed E-state index contributed by atoms with van der Waals surface area (Å²) in [5.41, 5.74) is 0.941. The fraction of sp³-hybridized carbons (Fsp3) is 0.500. The van der Waals surface area contributed by atoms with E-state index in [4.69, 9.17) is 11.6 Å². The number of carboxylic acids is 1. The molecule has 1 saturated carbocycles. The number of hydrogen-bond donors (Lipinski definition) is 1. The number of hydrogen-bond acceptors (Lipinski definition) is 4. The lowest BCUT2D eigenvalue weighted by Gasteiger charge is -2.32. The maximum Gasteiger partial charge on any atom is 0.320 e. The first kappa shape index (κ1) is 16.5. The van der Waals surface area contributed by atoms with Crippen LogP contribution in [0.3, 0.4) is 0 Å². The van der Waals surface area contributed by atoms with E-state index in [9.17, 15) is 14.7 Å². The van der Waals surface area contributed by atoms with Crippen molar-refractivity contribution in [3.05, 3.63) is 45.5 Å². The zero-order valence-electron chi connectivity index (χ0n) is 13.8. The van der Waals surface area contributed by atoms with Gasteiger partial charge < -0.3 is 5.11 Å². The first-order valence-electron chi connectivity index (χ1n) is 8.69. The number of likely N-dealkylation sites (tertiary alicyclic amines) is 1. The smallest absolute Gasteiger partial charge is 0.320 e. The number of pyridine rings is 1. The molecule has 132 valence electrons. The van der Waals surface area contributed by atoms with E-state index >= 15 is 0 Å². The molecule has 3 heterocycles. The predicted octanol–water partition coefficient (Wildman–Crippen LogP) is 2.57. The van der Waals surface area contributed by atoms with E-state index in [1.165, 1.54) is 16.9 Å². The van der Waals surface area contributed by atoms with Gasteiger partial charge in [0.2, 0.25) is 0 Å². The van der Waals surface area contributed by atoms with E-state index in [2.05, 4.69) is 4.98 Å². The van der Waals surface area contributed by atoms with Gasteiger partial charge in [-0.25, -0.2) is 4.98 Å². The second-order valence-electron chi connectivity index (χ2n) is 7.04. The molecule has 6 nitrogen and oxygen atoms in total. The molecule has 0 aromatic carbocycles. The molecule has 3 atom stereocenters. The van der Waals surface area contributed by atoms with Crippen LogP contribution in [0.25, 0.3) is 5.65 Å². The number of carboxylic acid groups (broad SMARTS) is 1. The van der Waals surface area contributed by atoms with Crippen molar-refractivity contribution in [3.63, 3.8) is 0 Å². The molecule has 3 unspecified atom stereocenters. The van der Waals surface area contributed by atoms with Gasteiger partial charge in [-0.3, -0.25) is 18.9 Å². The molecule has 0 amide bonds. The van der Waals surface area contributed by atoms with Crippen LogP contribution in [0.4, 0.5) is 0 Å². The number of aliphatic carboxylic acids is 1. The maximum absolute atomic E-state index is 12.4. The number of rotatable bonds is 3. The Morgan fingerprint density at radius 3 is 2.92 bits per heavy atom. The van der Waals surface area contributed by atoms with Crippen molar-refractivity contribution in [2.45, 2.75) is 50.7 Å². The molecule has 2 aromatic rings. The zero-order chi connectivity index (χ0) is 17.6. The first-order chi connectivity index (χ1) is 12.0. The van der Waals surface area contributed by atoms with Gasteiger partial charge >= 0.3 is 5.97 Å². The maximum atomic E-state index is 12.4. The fourth-order valence-electron chi connectivity index (χ4n) is 4.42. The van der Waals surface area contributed by atoms with E-state index in [1.807, 2.05) is 4.90 Å². The van der Waals surface area contributed by atoms with Gasteiger partial charge in [0.25, 0.3) is 5.56 Å². The molecule has 25 heavy (non-hydrogen) atoms. The third kappa shape index (κ3) is 3.04. The number of halogens is 1. The highest BCUT2D eigenvalue weighted by atomic mass is 35.5. The van der Waals surface area contributed by atoms with Crippen LogP contribution in [0.2, 0.25) is 5.02 Å². The van der Waals surface area contributed by atoms with Crippen LogP contribution in [0.15, 0.2) is 29.2 Å². The SMILES string of the molecule is O=C(O)C1CC2CCCCC2N1Cc1cc(=O)n2cc(Cl)ccc2n1. The molecular weight excluding hydrogens is 342 g/mol. The fourth-order valence-corrected chi connectivity index (χ4v) is 4.58. The third-order valence-electron chi connectivity index (χ3n) is 5.53. The molecule has 0 spiro atoms. The normalized spacial score (nSPS) is 26.7. The van der Waals surface area contributed by atoms with Crippen LogP contribution in [0, 0.1) is 5.92 Å². The standard InChI is InChI=1S/C18H20ClN3O3/c19-12-5-6-16-20-13(8-17(23)22(16)9-12)10-21-14-4-2-1-3-11(14)7-15(21)18(24)25/h5-6,8-9,11,14-15H,1-4,7,10H2,(H,24,25). The van der Waals surface area contributed by atoms with E-state index in [1.54, 1.807) is 18.3 Å². The summed E-state index contributed by atoms with van der Waals surface area (Å²) in [4.78, 5) is 30.7. The highest BCUT2D eigenvalue weighted by Crippen LogP contribution is 2.40. The van der Waals surface area contributed by atoms with Crippen LogP contribution < -0.4 is 5.56 Å². The minimum absolute atomic E-state index is 0.200. The highest BCUT2D eigenvalue weighted by Gasteiger charge is 2.45. The lowest BCUT2D eigenvalue weighted by Crippen LogP contribution is -2.42. The Labute approximate surface area is 150 Å². The zero-order valence-corrected chi connectivity index (χ0v) is 14.5. The molecule has 1 N–H and O–H groups in total. The minimum atomic E-state index is -0.779. The molecule has 2 aliphatic rings. The summed E-state index contributed by atoms with van der Waals surface area (Å²) in [6.07, 6.45) is 6.67. The Balaban J connectivity index is 1.68. The van der Waals surface area contributed by atoms with Crippen molar-refractivity contribution in [3.8, 4) is 0 Å². The van der Waals surface area contributed by atoms with Crippen molar-refractivity contribution in [2.24, 2.45) is 5.92 Å². The summed E-state index contributed by atoms with van der Waals surface area (Å²) in [6, 6.07) is 4.67. The van der Waals surface area contributed by atoms with Gasteiger partial charge in [0, 0.05) is 24.8 Å². The number of carbonyl (C=O) groups is 1. The summed E-state index contributed by atoms with van der Waals surface area (Å²) in [6.45, 7) is 0.395. The van der Waals surface area contributed by atoms with Gasteiger partial charge in [-0.2, -0.15) is 0 Å². The minimum Gasteiger partial charge on any atom is -0.480 e. The number of nitrogens with zero attached hydrogens (tertiary/aromatic N) is 3. The second-order valence-corrected chi connectivity index (χ2v) is 7.47. The van der Waals surface area contributed by atoms with Gasteiger partial charge in [0.1, 0.15) is 11.7 Å². The molecule has 7 heteroatoms. The van der Waals surface area contributed by atoms with Crippen LogP contribution >= 0.6 is 11.6 Å².